The average Bonchev–Trinajstić information content (AvgIpc) is 3.10. The Hall–Kier alpha value is -1.93. The highest BCUT2D eigenvalue weighted by Gasteiger charge is 2.20. The monoisotopic (exact) mass is 352 g/mol. The fourth-order valence-electron chi connectivity index (χ4n) is 2.06. The molecule has 2 aromatic heterocycles. The van der Waals surface area contributed by atoms with E-state index in [1.807, 2.05) is 37.7 Å². The van der Waals surface area contributed by atoms with Gasteiger partial charge in [-0.15, -0.1) is 11.3 Å². The standard InChI is InChI=1S/C15H20N4O2S2/c1-5-19-7-6-11(18-19)8-16-15(22)17-13-12(14(20)21-4)9(2)10(3)23-13/h6-7H,5,8H2,1-4H3,(H2,16,17,22). The summed E-state index contributed by atoms with van der Waals surface area (Å²) in [6.07, 6.45) is 1.93. The van der Waals surface area contributed by atoms with E-state index in [0.29, 0.717) is 22.2 Å². The molecule has 0 saturated heterocycles. The SMILES string of the molecule is CCn1ccc(CNC(=S)Nc2sc(C)c(C)c2C(=O)OC)n1. The van der Waals surface area contributed by atoms with Gasteiger partial charge >= 0.3 is 5.97 Å². The summed E-state index contributed by atoms with van der Waals surface area (Å²) in [5.74, 6) is -0.362. The van der Waals surface area contributed by atoms with Crippen molar-refractivity contribution in [2.75, 3.05) is 12.4 Å². The Morgan fingerprint density at radius 2 is 2.22 bits per heavy atom. The van der Waals surface area contributed by atoms with E-state index >= 15 is 0 Å². The number of carbonyl (C=O) groups is 1. The first-order valence-electron chi connectivity index (χ1n) is 7.21. The minimum absolute atomic E-state index is 0.362. The predicted octanol–water partition coefficient (Wildman–Crippen LogP) is 2.85. The van der Waals surface area contributed by atoms with Crippen molar-refractivity contribution in [3.05, 3.63) is 34.0 Å². The number of thiophene rings is 1. The summed E-state index contributed by atoms with van der Waals surface area (Å²) in [5.41, 5.74) is 2.35. The number of thiocarbonyl (C=S) groups is 1. The van der Waals surface area contributed by atoms with Crippen LogP contribution in [0.2, 0.25) is 0 Å². The first-order valence-corrected chi connectivity index (χ1v) is 8.44. The second-order valence-corrected chi connectivity index (χ2v) is 6.58. The van der Waals surface area contributed by atoms with E-state index in [-0.39, 0.29) is 5.97 Å². The molecule has 0 radical (unpaired) electrons. The van der Waals surface area contributed by atoms with Gasteiger partial charge in [0.1, 0.15) is 5.00 Å². The lowest BCUT2D eigenvalue weighted by Gasteiger charge is -2.09. The van der Waals surface area contributed by atoms with Crippen molar-refractivity contribution in [3.8, 4) is 0 Å². The molecule has 2 rings (SSSR count). The normalized spacial score (nSPS) is 10.4. The number of nitrogens with zero attached hydrogens (tertiary/aromatic N) is 2. The van der Waals surface area contributed by atoms with Crippen molar-refractivity contribution in [2.24, 2.45) is 0 Å². The smallest absolute Gasteiger partial charge is 0.341 e. The number of aryl methyl sites for hydroxylation is 2. The second kappa shape index (κ2) is 7.56. The maximum Gasteiger partial charge on any atom is 0.341 e. The molecule has 0 aliphatic heterocycles. The van der Waals surface area contributed by atoms with Crippen LogP contribution in [0.3, 0.4) is 0 Å². The maximum atomic E-state index is 11.9. The first kappa shape index (κ1) is 17.4. The van der Waals surface area contributed by atoms with Crippen molar-refractivity contribution in [3.63, 3.8) is 0 Å². The third kappa shape index (κ3) is 4.08. The van der Waals surface area contributed by atoms with Gasteiger partial charge in [0, 0.05) is 17.6 Å². The third-order valence-corrected chi connectivity index (χ3v) is 4.82. The van der Waals surface area contributed by atoms with E-state index in [4.69, 9.17) is 17.0 Å². The Bertz CT molecular complexity index is 721. The molecular weight excluding hydrogens is 332 g/mol. The summed E-state index contributed by atoms with van der Waals surface area (Å²) < 4.78 is 6.70. The molecule has 23 heavy (non-hydrogen) atoms. The largest absolute Gasteiger partial charge is 0.465 e. The van der Waals surface area contributed by atoms with Crippen LogP contribution in [0, 0.1) is 13.8 Å². The van der Waals surface area contributed by atoms with Gasteiger partial charge in [0.25, 0.3) is 0 Å². The third-order valence-electron chi connectivity index (χ3n) is 3.45. The molecule has 8 heteroatoms. The molecule has 0 unspecified atom stereocenters. The molecule has 6 nitrogen and oxygen atoms in total. The Labute approximate surface area is 144 Å². The molecule has 0 atom stereocenters. The van der Waals surface area contributed by atoms with Crippen molar-refractivity contribution in [1.82, 2.24) is 15.1 Å². The highest BCUT2D eigenvalue weighted by atomic mass is 32.1. The van der Waals surface area contributed by atoms with E-state index in [2.05, 4.69) is 15.7 Å². The Morgan fingerprint density at radius 1 is 1.48 bits per heavy atom. The molecule has 0 aliphatic carbocycles. The first-order chi connectivity index (χ1) is 11.0. The van der Waals surface area contributed by atoms with Gasteiger partial charge in [-0.3, -0.25) is 4.68 Å². The molecule has 2 aromatic rings. The van der Waals surface area contributed by atoms with Crippen LogP contribution in [0.1, 0.15) is 33.4 Å². The van der Waals surface area contributed by atoms with E-state index in [1.165, 1.54) is 18.4 Å². The zero-order chi connectivity index (χ0) is 17.0. The van der Waals surface area contributed by atoms with E-state index in [9.17, 15) is 4.79 Å². The topological polar surface area (TPSA) is 68.2 Å². The molecule has 124 valence electrons. The Kier molecular flexibility index (Phi) is 5.73. The fraction of sp³-hybridized carbons (Fsp3) is 0.400. The van der Waals surface area contributed by atoms with Gasteiger partial charge in [0.2, 0.25) is 0 Å². The molecule has 0 bridgehead atoms. The van der Waals surface area contributed by atoms with Crippen LogP contribution in [-0.2, 0) is 17.8 Å². The van der Waals surface area contributed by atoms with Crippen LogP contribution < -0.4 is 10.6 Å². The van der Waals surface area contributed by atoms with Gasteiger partial charge < -0.3 is 15.4 Å². The van der Waals surface area contributed by atoms with E-state index < -0.39 is 0 Å². The lowest BCUT2D eigenvalue weighted by Crippen LogP contribution is -2.28. The van der Waals surface area contributed by atoms with Crippen molar-refractivity contribution in [2.45, 2.75) is 33.9 Å². The molecule has 0 aliphatic rings. The molecule has 0 saturated carbocycles. The van der Waals surface area contributed by atoms with Gasteiger partial charge in [0.15, 0.2) is 5.11 Å². The highest BCUT2D eigenvalue weighted by Crippen LogP contribution is 2.32. The summed E-state index contributed by atoms with van der Waals surface area (Å²) in [6, 6.07) is 1.94. The molecule has 0 fully saturated rings. The maximum absolute atomic E-state index is 11.9. The number of nitrogens with one attached hydrogen (secondary N) is 2. The average molecular weight is 352 g/mol. The fourth-order valence-corrected chi connectivity index (χ4v) is 3.35. The number of hydrogen-bond acceptors (Lipinski definition) is 5. The lowest BCUT2D eigenvalue weighted by atomic mass is 10.1. The number of anilines is 1. The lowest BCUT2D eigenvalue weighted by molar-refractivity contribution is 0.0601. The van der Waals surface area contributed by atoms with Crippen LogP contribution in [-0.4, -0.2) is 28.0 Å². The zero-order valence-corrected chi connectivity index (χ0v) is 15.2. The van der Waals surface area contributed by atoms with Crippen LogP contribution in [0.4, 0.5) is 5.00 Å². The van der Waals surface area contributed by atoms with Crippen molar-refractivity contribution < 1.29 is 9.53 Å². The summed E-state index contributed by atoms with van der Waals surface area (Å²) in [5, 5.41) is 11.7. The van der Waals surface area contributed by atoms with E-state index in [0.717, 1.165) is 22.7 Å². The number of aromatic nitrogens is 2. The Balaban J connectivity index is 2.02. The minimum Gasteiger partial charge on any atom is -0.465 e. The molecule has 0 aromatic carbocycles. The van der Waals surface area contributed by atoms with Crippen LogP contribution in [0.25, 0.3) is 0 Å². The molecule has 2 heterocycles. The summed E-state index contributed by atoms with van der Waals surface area (Å²) in [4.78, 5) is 13.0. The molecule has 0 spiro atoms. The second-order valence-electron chi connectivity index (χ2n) is 4.95. The number of ether oxygens (including phenoxy) is 1. The van der Waals surface area contributed by atoms with Gasteiger partial charge in [0.05, 0.1) is 24.9 Å². The number of methoxy groups -OCH3 is 1. The van der Waals surface area contributed by atoms with Gasteiger partial charge in [-0.05, 0) is 44.6 Å². The molecular formula is C15H20N4O2S2. The summed E-state index contributed by atoms with van der Waals surface area (Å²) >= 11 is 6.79. The summed E-state index contributed by atoms with van der Waals surface area (Å²) in [6.45, 7) is 7.25. The number of carbonyl (C=O) groups excluding carboxylic acids is 1. The molecule has 0 amide bonds. The zero-order valence-electron chi connectivity index (χ0n) is 13.6. The van der Waals surface area contributed by atoms with Crippen LogP contribution in [0.15, 0.2) is 12.3 Å². The van der Waals surface area contributed by atoms with E-state index in [1.54, 1.807) is 0 Å². The van der Waals surface area contributed by atoms with Gasteiger partial charge in [-0.1, -0.05) is 0 Å². The number of rotatable bonds is 5. The quantitative estimate of drug-likeness (QED) is 0.637. The van der Waals surface area contributed by atoms with Gasteiger partial charge in [-0.25, -0.2) is 4.79 Å². The highest BCUT2D eigenvalue weighted by molar-refractivity contribution is 7.80. The number of hydrogen-bond donors (Lipinski definition) is 2. The predicted molar refractivity (Wildman–Crippen MR) is 96.1 cm³/mol. The van der Waals surface area contributed by atoms with Crippen molar-refractivity contribution in [1.29, 1.82) is 0 Å². The summed E-state index contributed by atoms with van der Waals surface area (Å²) in [7, 11) is 1.37. The molecule has 2 N–H and O–H groups in total. The Morgan fingerprint density at radius 3 is 2.83 bits per heavy atom. The minimum atomic E-state index is -0.362. The van der Waals surface area contributed by atoms with Crippen LogP contribution >= 0.6 is 23.6 Å². The number of esters is 1. The van der Waals surface area contributed by atoms with Gasteiger partial charge in [-0.2, -0.15) is 5.10 Å². The van der Waals surface area contributed by atoms with Crippen LogP contribution in [0.5, 0.6) is 0 Å². The van der Waals surface area contributed by atoms with Crippen molar-refractivity contribution >= 4 is 39.6 Å².